The Morgan fingerprint density at radius 2 is 1.72 bits per heavy atom. The first kappa shape index (κ1) is 28.3. The molecule has 0 radical (unpaired) electrons. The van der Waals surface area contributed by atoms with Crippen LogP contribution in [0.5, 0.6) is 0 Å². The van der Waals surface area contributed by atoms with Gasteiger partial charge in [0.25, 0.3) is 0 Å². The maximum absolute atomic E-state index is 13.6. The van der Waals surface area contributed by atoms with Crippen molar-refractivity contribution >= 4 is 27.5 Å². The zero-order valence-corrected chi connectivity index (χ0v) is 23.5. The number of hydrogen-bond donors (Lipinski definition) is 2. The van der Waals surface area contributed by atoms with Crippen LogP contribution < -0.4 is 16.0 Å². The van der Waals surface area contributed by atoms with E-state index in [9.17, 15) is 18.0 Å². The minimum Gasteiger partial charge on any atom is -0.368 e. The molecule has 0 spiro atoms. The van der Waals surface area contributed by atoms with Crippen molar-refractivity contribution in [1.29, 1.82) is 0 Å². The van der Waals surface area contributed by atoms with E-state index in [1.807, 2.05) is 11.8 Å². The first-order valence-corrected chi connectivity index (χ1v) is 15.1. The number of carbonyl (C=O) groups is 2. The normalized spacial score (nSPS) is 28.9. The number of hydrogen-bond acceptors (Lipinski definition) is 5. The van der Waals surface area contributed by atoms with Gasteiger partial charge in [-0.1, -0.05) is 45.9 Å². The summed E-state index contributed by atoms with van der Waals surface area (Å²) in [6.45, 7) is 13.8. The van der Waals surface area contributed by atoms with E-state index < -0.39 is 15.9 Å². The van der Waals surface area contributed by atoms with Gasteiger partial charge in [0.05, 0.1) is 5.92 Å². The number of urea groups is 1. The Bertz CT molecular complexity index is 1070. The summed E-state index contributed by atoms with van der Waals surface area (Å²) >= 11 is 0. The maximum Gasteiger partial charge on any atom is 0.312 e. The van der Waals surface area contributed by atoms with E-state index in [1.165, 1.54) is 17.5 Å². The van der Waals surface area contributed by atoms with Gasteiger partial charge in [0, 0.05) is 49.9 Å². The molecular weight excluding hydrogens is 476 g/mol. The first-order chi connectivity index (χ1) is 16.7. The molecule has 1 aromatic rings. The van der Waals surface area contributed by atoms with E-state index in [4.69, 9.17) is 5.73 Å². The topological polar surface area (TPSA) is 113 Å². The molecule has 1 saturated heterocycles. The summed E-state index contributed by atoms with van der Waals surface area (Å²) in [6, 6.07) is 7.70. The number of para-hydroxylation sites is 1. The van der Waals surface area contributed by atoms with Gasteiger partial charge in [-0.25, -0.2) is 13.2 Å². The maximum atomic E-state index is 13.6. The van der Waals surface area contributed by atoms with Gasteiger partial charge in [0.1, 0.15) is 9.84 Å². The second-order valence-electron chi connectivity index (χ2n) is 11.5. The van der Waals surface area contributed by atoms with Gasteiger partial charge in [-0.05, 0) is 54.6 Å². The number of benzene rings is 1. The quantitative estimate of drug-likeness (QED) is 0.619. The predicted molar refractivity (Wildman–Crippen MR) is 145 cm³/mol. The summed E-state index contributed by atoms with van der Waals surface area (Å²) in [5, 5.41) is 2.96. The van der Waals surface area contributed by atoms with Crippen LogP contribution in [0.2, 0.25) is 0 Å². The Morgan fingerprint density at radius 3 is 2.22 bits per heavy atom. The average molecular weight is 521 g/mol. The number of amides is 3. The predicted octanol–water partition coefficient (Wildman–Crippen LogP) is 3.19. The molecule has 4 atom stereocenters. The van der Waals surface area contributed by atoms with E-state index in [0.717, 1.165) is 45.4 Å². The minimum atomic E-state index is -2.67. The summed E-state index contributed by atoms with van der Waals surface area (Å²) in [4.78, 5) is 29.8. The van der Waals surface area contributed by atoms with Crippen LogP contribution in [-0.4, -0.2) is 69.5 Å². The Labute approximate surface area is 216 Å². The molecule has 2 saturated carbocycles. The van der Waals surface area contributed by atoms with Crippen LogP contribution in [-0.2, 0) is 14.6 Å². The lowest BCUT2D eigenvalue weighted by atomic mass is 9.69. The van der Waals surface area contributed by atoms with Gasteiger partial charge in [-0.2, -0.15) is 0 Å². The molecule has 2 bridgehead atoms. The van der Waals surface area contributed by atoms with Crippen LogP contribution in [0.1, 0.15) is 52.5 Å². The van der Waals surface area contributed by atoms with Gasteiger partial charge in [-0.3, -0.25) is 4.79 Å². The highest BCUT2D eigenvalue weighted by Crippen LogP contribution is 2.67. The SMILES string of the molecule is CCCS(C)(=O)=O.Cc1ccccc1N1CCN(C(=O)[C@H]2C3CC[C@@](C)([C@@H]2NC(N)=O)C3(C)C)CC1. The van der Waals surface area contributed by atoms with E-state index in [-0.39, 0.29) is 34.6 Å². The fourth-order valence-corrected chi connectivity index (χ4v) is 7.50. The van der Waals surface area contributed by atoms with E-state index in [1.54, 1.807) is 0 Å². The Hall–Kier alpha value is -2.29. The Kier molecular flexibility index (Phi) is 8.33. The van der Waals surface area contributed by atoms with Gasteiger partial charge < -0.3 is 20.9 Å². The highest BCUT2D eigenvalue weighted by molar-refractivity contribution is 7.90. The van der Waals surface area contributed by atoms with Crippen molar-refractivity contribution < 1.29 is 18.0 Å². The number of fused-ring (bicyclic) bond motifs is 2. The van der Waals surface area contributed by atoms with E-state index in [2.05, 4.69) is 62.2 Å². The molecule has 1 aromatic carbocycles. The molecule has 1 aliphatic heterocycles. The van der Waals surface area contributed by atoms with Crippen LogP contribution >= 0.6 is 0 Å². The lowest BCUT2D eigenvalue weighted by Gasteiger charge is -2.42. The minimum absolute atomic E-state index is 0.00339. The third-order valence-electron chi connectivity index (χ3n) is 9.06. The van der Waals surface area contributed by atoms with Crippen molar-refractivity contribution in [3.63, 3.8) is 0 Å². The number of piperazine rings is 1. The standard InChI is InChI=1S/C23H34N4O2.C4H10O2S/c1-15-7-5-6-8-17(15)26-11-13-27(14-12-26)20(28)18-16-9-10-23(4,22(16,2)3)19(18)25-21(24)29;1-3-4-7(2,5)6/h5-8,16,18-19H,9-14H2,1-4H3,(H3,24,25,29);3-4H2,1-2H3/t16?,18-,19+,23-;/m0./s1. The Balaban J connectivity index is 0.000000454. The van der Waals surface area contributed by atoms with Crippen LogP contribution in [0.3, 0.4) is 0 Å². The summed E-state index contributed by atoms with van der Waals surface area (Å²) in [5.41, 5.74) is 7.93. The molecule has 36 heavy (non-hydrogen) atoms. The second kappa shape index (κ2) is 10.6. The summed E-state index contributed by atoms with van der Waals surface area (Å²) in [5.74, 6) is 0.606. The van der Waals surface area contributed by atoms with Gasteiger partial charge in [0.2, 0.25) is 5.91 Å². The van der Waals surface area contributed by atoms with Crippen molar-refractivity contribution in [3.05, 3.63) is 29.8 Å². The smallest absolute Gasteiger partial charge is 0.312 e. The molecule has 2 aliphatic carbocycles. The van der Waals surface area contributed by atoms with Gasteiger partial charge >= 0.3 is 6.03 Å². The summed E-state index contributed by atoms with van der Waals surface area (Å²) in [6.07, 6.45) is 4.04. The molecule has 3 amide bonds. The second-order valence-corrected chi connectivity index (χ2v) is 13.8. The van der Waals surface area contributed by atoms with E-state index >= 15 is 0 Å². The zero-order valence-electron chi connectivity index (χ0n) is 22.7. The molecule has 3 fully saturated rings. The molecule has 202 valence electrons. The Morgan fingerprint density at radius 1 is 1.11 bits per heavy atom. The molecule has 3 N–H and O–H groups in total. The molecule has 1 heterocycles. The van der Waals surface area contributed by atoms with Crippen molar-refractivity contribution in [2.24, 2.45) is 28.4 Å². The number of nitrogens with zero attached hydrogens (tertiary/aromatic N) is 2. The monoisotopic (exact) mass is 520 g/mol. The third-order valence-corrected chi connectivity index (χ3v) is 10.2. The largest absolute Gasteiger partial charge is 0.368 e. The zero-order chi connectivity index (χ0) is 26.9. The molecule has 9 heteroatoms. The third kappa shape index (κ3) is 5.50. The number of nitrogens with one attached hydrogen (secondary N) is 1. The number of nitrogens with two attached hydrogens (primary N) is 1. The molecule has 8 nitrogen and oxygen atoms in total. The molecule has 0 aromatic heterocycles. The average Bonchev–Trinajstić information content (AvgIpc) is 3.11. The summed E-state index contributed by atoms with van der Waals surface area (Å²) in [7, 11) is -2.67. The highest BCUT2D eigenvalue weighted by atomic mass is 32.2. The molecule has 4 rings (SSSR count). The molecule has 1 unspecified atom stereocenters. The first-order valence-electron chi connectivity index (χ1n) is 13.1. The van der Waals surface area contributed by atoms with Crippen LogP contribution in [0.4, 0.5) is 10.5 Å². The number of anilines is 1. The summed E-state index contributed by atoms with van der Waals surface area (Å²) < 4.78 is 20.5. The van der Waals surface area contributed by atoms with Crippen LogP contribution in [0.15, 0.2) is 24.3 Å². The molecule has 3 aliphatic rings. The van der Waals surface area contributed by atoms with Gasteiger partial charge in [0.15, 0.2) is 0 Å². The fraction of sp³-hybridized carbons (Fsp3) is 0.704. The lowest BCUT2D eigenvalue weighted by Crippen LogP contribution is -2.57. The van der Waals surface area contributed by atoms with Crippen LogP contribution in [0, 0.1) is 29.6 Å². The number of rotatable bonds is 5. The number of primary amides is 1. The number of sulfone groups is 1. The highest BCUT2D eigenvalue weighted by Gasteiger charge is 2.68. The van der Waals surface area contributed by atoms with E-state index in [0.29, 0.717) is 5.75 Å². The lowest BCUT2D eigenvalue weighted by molar-refractivity contribution is -0.139. The van der Waals surface area contributed by atoms with Crippen molar-refractivity contribution in [2.45, 2.75) is 59.9 Å². The number of carbonyl (C=O) groups excluding carboxylic acids is 2. The fourth-order valence-electron chi connectivity index (χ4n) is 6.76. The molecular formula is C27H44N4O4S. The number of aryl methyl sites for hydroxylation is 1. The van der Waals surface area contributed by atoms with Crippen molar-refractivity contribution in [1.82, 2.24) is 10.2 Å². The van der Waals surface area contributed by atoms with Crippen molar-refractivity contribution in [3.8, 4) is 0 Å². The van der Waals surface area contributed by atoms with Crippen molar-refractivity contribution in [2.75, 3.05) is 43.1 Å². The van der Waals surface area contributed by atoms with Crippen LogP contribution in [0.25, 0.3) is 0 Å². The van der Waals surface area contributed by atoms with Gasteiger partial charge in [-0.15, -0.1) is 0 Å².